The largest absolute Gasteiger partial charge is 0.493 e. The lowest BCUT2D eigenvalue weighted by atomic mass is 10.1. The van der Waals surface area contributed by atoms with E-state index in [4.69, 9.17) is 4.74 Å². The molecule has 4 heteroatoms. The van der Waals surface area contributed by atoms with Crippen LogP contribution in [0.2, 0.25) is 0 Å². The maximum atomic E-state index is 12.0. The third-order valence-corrected chi connectivity index (χ3v) is 3.33. The number of fused-ring (bicyclic) bond motifs is 1. The highest BCUT2D eigenvalue weighted by molar-refractivity contribution is 9.09. The van der Waals surface area contributed by atoms with Crippen molar-refractivity contribution in [1.29, 1.82) is 0 Å². The Morgan fingerprint density at radius 2 is 2.41 bits per heavy atom. The van der Waals surface area contributed by atoms with Gasteiger partial charge in [-0.25, -0.2) is 0 Å². The normalized spacial score (nSPS) is 14.9. The average Bonchev–Trinajstić information content (AvgIpc) is 2.75. The van der Waals surface area contributed by atoms with E-state index in [-0.39, 0.29) is 11.9 Å². The van der Waals surface area contributed by atoms with Crippen molar-refractivity contribution in [3.8, 4) is 5.75 Å². The van der Waals surface area contributed by atoms with Crippen LogP contribution in [0.3, 0.4) is 0 Å². The molecule has 0 fully saturated rings. The van der Waals surface area contributed by atoms with Crippen molar-refractivity contribution in [2.24, 2.45) is 0 Å². The van der Waals surface area contributed by atoms with Crippen LogP contribution in [-0.2, 0) is 6.42 Å². The zero-order chi connectivity index (χ0) is 12.3. The fraction of sp³-hybridized carbons (Fsp3) is 0.462. The van der Waals surface area contributed by atoms with E-state index >= 15 is 0 Å². The number of hydrogen-bond donors (Lipinski definition) is 1. The number of carbonyl (C=O) groups excluding carboxylic acids is 1. The first kappa shape index (κ1) is 12.4. The molecule has 0 spiro atoms. The molecule has 0 radical (unpaired) electrons. The highest BCUT2D eigenvalue weighted by atomic mass is 79.9. The molecule has 0 saturated carbocycles. The summed E-state index contributed by atoms with van der Waals surface area (Å²) in [5.74, 6) is 0.906. The molecule has 0 bridgehead atoms. The van der Waals surface area contributed by atoms with Gasteiger partial charge >= 0.3 is 0 Å². The van der Waals surface area contributed by atoms with Gasteiger partial charge in [0.1, 0.15) is 5.75 Å². The Labute approximate surface area is 110 Å². The minimum absolute atomic E-state index is 0.00634. The van der Waals surface area contributed by atoms with Gasteiger partial charge in [-0.3, -0.25) is 4.79 Å². The number of ether oxygens (including phenoxy) is 1. The molecule has 3 nitrogen and oxygen atoms in total. The number of hydrogen-bond acceptors (Lipinski definition) is 2. The van der Waals surface area contributed by atoms with Gasteiger partial charge in [0, 0.05) is 23.4 Å². The van der Waals surface area contributed by atoms with Crippen molar-refractivity contribution in [2.45, 2.75) is 25.8 Å². The molecule has 17 heavy (non-hydrogen) atoms. The predicted octanol–water partition coefficient (Wildman–Crippen LogP) is 2.52. The molecule has 1 aliphatic rings. The van der Waals surface area contributed by atoms with Crippen molar-refractivity contribution < 1.29 is 9.53 Å². The second-order valence-electron chi connectivity index (χ2n) is 4.27. The summed E-state index contributed by atoms with van der Waals surface area (Å²) in [7, 11) is 0. The average molecular weight is 298 g/mol. The first-order chi connectivity index (χ1) is 8.20. The Morgan fingerprint density at radius 3 is 3.18 bits per heavy atom. The number of rotatable bonds is 4. The molecule has 1 N–H and O–H groups in total. The van der Waals surface area contributed by atoms with Gasteiger partial charge in [0.25, 0.3) is 5.91 Å². The van der Waals surface area contributed by atoms with Crippen molar-refractivity contribution in [2.75, 3.05) is 11.9 Å². The molecule has 1 aliphatic heterocycles. The molecule has 1 amide bonds. The zero-order valence-electron chi connectivity index (χ0n) is 9.83. The second-order valence-corrected chi connectivity index (χ2v) is 5.07. The topological polar surface area (TPSA) is 38.3 Å². The minimum atomic E-state index is -0.00634. The summed E-state index contributed by atoms with van der Waals surface area (Å²) in [4.78, 5) is 12.0. The SMILES string of the molecule is CC(CCBr)NC(=O)c1ccc2c(c1)CCO2. The molecule has 1 aromatic carbocycles. The van der Waals surface area contributed by atoms with E-state index in [0.717, 1.165) is 41.7 Å². The molecule has 0 saturated heterocycles. The van der Waals surface area contributed by atoms with E-state index in [1.807, 2.05) is 25.1 Å². The first-order valence-electron chi connectivity index (χ1n) is 5.83. The smallest absolute Gasteiger partial charge is 0.251 e. The molecule has 2 rings (SSSR count). The summed E-state index contributed by atoms with van der Waals surface area (Å²) in [6.45, 7) is 2.73. The van der Waals surface area contributed by atoms with Crippen LogP contribution in [-0.4, -0.2) is 23.9 Å². The molecule has 1 unspecified atom stereocenters. The quantitative estimate of drug-likeness (QED) is 0.868. The van der Waals surface area contributed by atoms with E-state index < -0.39 is 0 Å². The molecule has 0 aliphatic carbocycles. The molecular formula is C13H16BrNO2. The fourth-order valence-corrected chi connectivity index (χ4v) is 2.56. The van der Waals surface area contributed by atoms with Gasteiger partial charge in [-0.1, -0.05) is 15.9 Å². The summed E-state index contributed by atoms with van der Waals surface area (Å²) >= 11 is 3.37. The number of carbonyl (C=O) groups is 1. The van der Waals surface area contributed by atoms with E-state index in [1.165, 1.54) is 0 Å². The van der Waals surface area contributed by atoms with Crippen LogP contribution in [0.25, 0.3) is 0 Å². The predicted molar refractivity (Wildman–Crippen MR) is 71.0 cm³/mol. The van der Waals surface area contributed by atoms with Gasteiger partial charge in [-0.05, 0) is 37.1 Å². The lowest BCUT2D eigenvalue weighted by Crippen LogP contribution is -2.32. The summed E-state index contributed by atoms with van der Waals surface area (Å²) in [6.07, 6.45) is 1.83. The maximum absolute atomic E-state index is 12.0. The second kappa shape index (κ2) is 5.54. The van der Waals surface area contributed by atoms with Crippen LogP contribution in [0.15, 0.2) is 18.2 Å². The lowest BCUT2D eigenvalue weighted by Gasteiger charge is -2.12. The Hall–Kier alpha value is -1.03. The Kier molecular flexibility index (Phi) is 4.05. The van der Waals surface area contributed by atoms with Crippen molar-refractivity contribution in [3.05, 3.63) is 29.3 Å². The molecule has 1 atom stereocenters. The van der Waals surface area contributed by atoms with Gasteiger partial charge in [0.2, 0.25) is 0 Å². The van der Waals surface area contributed by atoms with Crippen molar-refractivity contribution in [1.82, 2.24) is 5.32 Å². The monoisotopic (exact) mass is 297 g/mol. The van der Waals surface area contributed by atoms with Crippen LogP contribution in [0, 0.1) is 0 Å². The van der Waals surface area contributed by atoms with Gasteiger partial charge in [0.05, 0.1) is 6.61 Å². The Bertz CT molecular complexity index is 420. The Balaban J connectivity index is 2.04. The molecule has 92 valence electrons. The standard InChI is InChI=1S/C13H16BrNO2/c1-9(4-6-14)15-13(16)11-2-3-12-10(8-11)5-7-17-12/h2-3,8-9H,4-7H2,1H3,(H,15,16). The van der Waals surface area contributed by atoms with Crippen LogP contribution < -0.4 is 10.1 Å². The minimum Gasteiger partial charge on any atom is -0.493 e. The summed E-state index contributed by atoms with van der Waals surface area (Å²) in [5, 5.41) is 3.87. The number of nitrogens with one attached hydrogen (secondary N) is 1. The lowest BCUT2D eigenvalue weighted by molar-refractivity contribution is 0.0939. The summed E-state index contributed by atoms with van der Waals surface area (Å²) in [5.41, 5.74) is 1.85. The van der Waals surface area contributed by atoms with Crippen molar-refractivity contribution in [3.63, 3.8) is 0 Å². The molecular weight excluding hydrogens is 282 g/mol. The zero-order valence-corrected chi connectivity index (χ0v) is 11.4. The van der Waals surface area contributed by atoms with Crippen LogP contribution in [0.4, 0.5) is 0 Å². The van der Waals surface area contributed by atoms with E-state index in [2.05, 4.69) is 21.2 Å². The highest BCUT2D eigenvalue weighted by Crippen LogP contribution is 2.25. The molecule has 0 aromatic heterocycles. The van der Waals surface area contributed by atoms with Gasteiger partial charge in [-0.2, -0.15) is 0 Å². The number of halogens is 1. The number of benzene rings is 1. The highest BCUT2D eigenvalue weighted by Gasteiger charge is 2.15. The molecule has 1 heterocycles. The maximum Gasteiger partial charge on any atom is 0.251 e. The third-order valence-electron chi connectivity index (χ3n) is 2.87. The van der Waals surface area contributed by atoms with Crippen LogP contribution >= 0.6 is 15.9 Å². The van der Waals surface area contributed by atoms with Crippen LogP contribution in [0.5, 0.6) is 5.75 Å². The van der Waals surface area contributed by atoms with E-state index in [9.17, 15) is 4.79 Å². The van der Waals surface area contributed by atoms with Gasteiger partial charge in [-0.15, -0.1) is 0 Å². The first-order valence-corrected chi connectivity index (χ1v) is 6.95. The fourth-order valence-electron chi connectivity index (χ4n) is 1.87. The van der Waals surface area contributed by atoms with E-state index in [0.29, 0.717) is 0 Å². The number of alkyl halides is 1. The van der Waals surface area contributed by atoms with Gasteiger partial charge in [0.15, 0.2) is 0 Å². The summed E-state index contributed by atoms with van der Waals surface area (Å²) < 4.78 is 5.41. The van der Waals surface area contributed by atoms with Crippen LogP contribution in [0.1, 0.15) is 29.3 Å². The molecule has 1 aromatic rings. The third kappa shape index (κ3) is 3.00. The Morgan fingerprint density at radius 1 is 1.59 bits per heavy atom. The van der Waals surface area contributed by atoms with Gasteiger partial charge < -0.3 is 10.1 Å². The van der Waals surface area contributed by atoms with E-state index in [1.54, 1.807) is 0 Å². The number of amides is 1. The van der Waals surface area contributed by atoms with Crippen molar-refractivity contribution >= 4 is 21.8 Å². The summed E-state index contributed by atoms with van der Waals surface area (Å²) in [6, 6.07) is 5.82.